The maximum atomic E-state index is 6.28. The molecule has 1 aromatic carbocycles. The van der Waals surface area contributed by atoms with Gasteiger partial charge in [0.15, 0.2) is 0 Å². The molecule has 98 valence electrons. The minimum absolute atomic E-state index is 0.695. The van der Waals surface area contributed by atoms with Crippen molar-refractivity contribution in [1.82, 2.24) is 5.32 Å². The Balaban J connectivity index is 1.63. The zero-order chi connectivity index (χ0) is 12.4. The van der Waals surface area contributed by atoms with Crippen molar-refractivity contribution in [3.8, 4) is 5.75 Å². The van der Waals surface area contributed by atoms with Gasteiger partial charge in [0.05, 0.1) is 6.61 Å². The fraction of sp³-hybridized carbons (Fsp3) is 0.600. The van der Waals surface area contributed by atoms with E-state index < -0.39 is 0 Å². The smallest absolute Gasteiger partial charge is 0.125 e. The molecule has 2 aliphatic rings. The molecule has 2 aliphatic carbocycles. The van der Waals surface area contributed by atoms with Crippen molar-refractivity contribution in [2.24, 2.45) is 5.92 Å². The predicted molar refractivity (Wildman–Crippen MR) is 74.1 cm³/mol. The van der Waals surface area contributed by atoms with Gasteiger partial charge in [-0.1, -0.05) is 24.1 Å². The maximum absolute atomic E-state index is 6.28. The molecule has 1 N–H and O–H groups in total. The van der Waals surface area contributed by atoms with E-state index in [1.807, 2.05) is 18.2 Å². The van der Waals surface area contributed by atoms with Gasteiger partial charge in [0, 0.05) is 23.2 Å². The zero-order valence-corrected chi connectivity index (χ0v) is 11.4. The molecule has 0 aromatic heterocycles. The lowest BCUT2D eigenvalue weighted by atomic mass is 9.86. The molecule has 0 aliphatic heterocycles. The lowest BCUT2D eigenvalue weighted by molar-refractivity contribution is 0.179. The van der Waals surface area contributed by atoms with Crippen LogP contribution in [0.3, 0.4) is 0 Å². The van der Waals surface area contributed by atoms with Crippen molar-refractivity contribution in [3.63, 3.8) is 0 Å². The van der Waals surface area contributed by atoms with Crippen LogP contribution in [0, 0.1) is 5.92 Å². The van der Waals surface area contributed by atoms with Gasteiger partial charge in [0.2, 0.25) is 0 Å². The summed E-state index contributed by atoms with van der Waals surface area (Å²) in [6.45, 7) is 1.67. The summed E-state index contributed by atoms with van der Waals surface area (Å²) < 4.78 is 5.95. The van der Waals surface area contributed by atoms with Crippen molar-refractivity contribution in [2.45, 2.75) is 44.7 Å². The SMILES string of the molecule is Clc1cccc(OCC2CCC2)c1CNC1CC1. The third kappa shape index (κ3) is 2.99. The molecule has 18 heavy (non-hydrogen) atoms. The van der Waals surface area contributed by atoms with Gasteiger partial charge in [-0.25, -0.2) is 0 Å². The zero-order valence-electron chi connectivity index (χ0n) is 10.6. The molecule has 0 saturated heterocycles. The topological polar surface area (TPSA) is 21.3 Å². The van der Waals surface area contributed by atoms with Gasteiger partial charge in [-0.2, -0.15) is 0 Å². The fourth-order valence-corrected chi connectivity index (χ4v) is 2.48. The molecule has 0 unspecified atom stereocenters. The molecule has 2 nitrogen and oxygen atoms in total. The summed E-state index contributed by atoms with van der Waals surface area (Å²) in [6.07, 6.45) is 6.58. The summed E-state index contributed by atoms with van der Waals surface area (Å²) >= 11 is 6.28. The van der Waals surface area contributed by atoms with E-state index in [9.17, 15) is 0 Å². The maximum Gasteiger partial charge on any atom is 0.125 e. The lowest BCUT2D eigenvalue weighted by Crippen LogP contribution is -2.21. The monoisotopic (exact) mass is 265 g/mol. The first-order chi connectivity index (χ1) is 8.83. The average molecular weight is 266 g/mol. The Kier molecular flexibility index (Phi) is 3.76. The van der Waals surface area contributed by atoms with Gasteiger partial charge in [-0.05, 0) is 43.7 Å². The molecular weight excluding hydrogens is 246 g/mol. The number of halogens is 1. The molecule has 0 bridgehead atoms. The average Bonchev–Trinajstić information content (AvgIpc) is 3.10. The minimum atomic E-state index is 0.695. The largest absolute Gasteiger partial charge is 0.493 e. The molecular formula is C15H20ClNO. The van der Waals surface area contributed by atoms with Gasteiger partial charge in [0.1, 0.15) is 5.75 Å². The Hall–Kier alpha value is -0.730. The second kappa shape index (κ2) is 5.50. The number of rotatable bonds is 6. The molecule has 0 heterocycles. The van der Waals surface area contributed by atoms with E-state index in [1.165, 1.54) is 32.1 Å². The van der Waals surface area contributed by atoms with Gasteiger partial charge >= 0.3 is 0 Å². The fourth-order valence-electron chi connectivity index (χ4n) is 2.25. The Bertz CT molecular complexity index is 413. The van der Waals surface area contributed by atoms with E-state index in [0.717, 1.165) is 35.4 Å². The van der Waals surface area contributed by atoms with E-state index in [-0.39, 0.29) is 0 Å². The highest BCUT2D eigenvalue weighted by atomic mass is 35.5. The van der Waals surface area contributed by atoms with Crippen LogP contribution in [0.25, 0.3) is 0 Å². The van der Waals surface area contributed by atoms with Crippen LogP contribution in [0.5, 0.6) is 5.75 Å². The summed E-state index contributed by atoms with van der Waals surface area (Å²) in [5.74, 6) is 1.72. The first kappa shape index (κ1) is 12.3. The summed E-state index contributed by atoms with van der Waals surface area (Å²) in [5, 5.41) is 4.32. The first-order valence-electron chi connectivity index (χ1n) is 6.96. The molecule has 2 saturated carbocycles. The quantitative estimate of drug-likeness (QED) is 0.845. The lowest BCUT2D eigenvalue weighted by Gasteiger charge is -2.26. The standard InChI is InChI=1S/C15H20ClNO/c16-14-5-2-6-15(18-10-11-3-1-4-11)13(14)9-17-12-7-8-12/h2,5-6,11-12,17H,1,3-4,7-10H2. The summed E-state index contributed by atoms with van der Waals surface area (Å²) in [7, 11) is 0. The number of hydrogen-bond donors (Lipinski definition) is 1. The van der Waals surface area contributed by atoms with Crippen LogP contribution in [-0.4, -0.2) is 12.6 Å². The van der Waals surface area contributed by atoms with E-state index in [0.29, 0.717) is 6.04 Å². The second-order valence-corrected chi connectivity index (χ2v) is 5.89. The summed E-state index contributed by atoms with van der Waals surface area (Å²) in [6, 6.07) is 6.65. The van der Waals surface area contributed by atoms with Gasteiger partial charge < -0.3 is 10.1 Å². The Morgan fingerprint density at radius 1 is 1.22 bits per heavy atom. The van der Waals surface area contributed by atoms with Crippen molar-refractivity contribution >= 4 is 11.6 Å². The van der Waals surface area contributed by atoms with Crippen LogP contribution < -0.4 is 10.1 Å². The number of ether oxygens (including phenoxy) is 1. The molecule has 2 fully saturated rings. The number of benzene rings is 1. The molecule has 1 aromatic rings. The highest BCUT2D eigenvalue weighted by Gasteiger charge is 2.22. The minimum Gasteiger partial charge on any atom is -0.493 e. The van der Waals surface area contributed by atoms with E-state index in [2.05, 4.69) is 5.32 Å². The summed E-state index contributed by atoms with van der Waals surface area (Å²) in [4.78, 5) is 0. The van der Waals surface area contributed by atoms with Crippen molar-refractivity contribution in [1.29, 1.82) is 0 Å². The predicted octanol–water partition coefficient (Wildman–Crippen LogP) is 3.77. The van der Waals surface area contributed by atoms with Crippen molar-refractivity contribution in [2.75, 3.05) is 6.61 Å². The van der Waals surface area contributed by atoms with Crippen LogP contribution in [0.15, 0.2) is 18.2 Å². The van der Waals surface area contributed by atoms with Crippen molar-refractivity contribution in [3.05, 3.63) is 28.8 Å². The normalized spacial score (nSPS) is 19.6. The molecule has 0 amide bonds. The van der Waals surface area contributed by atoms with Gasteiger partial charge in [-0.3, -0.25) is 0 Å². The third-order valence-electron chi connectivity index (χ3n) is 3.92. The Morgan fingerprint density at radius 2 is 2.06 bits per heavy atom. The molecule has 0 atom stereocenters. The Labute approximate surface area is 114 Å². The Morgan fingerprint density at radius 3 is 2.72 bits per heavy atom. The van der Waals surface area contributed by atoms with Gasteiger partial charge in [-0.15, -0.1) is 0 Å². The molecule has 0 spiro atoms. The van der Waals surface area contributed by atoms with Gasteiger partial charge in [0.25, 0.3) is 0 Å². The van der Waals surface area contributed by atoms with E-state index in [1.54, 1.807) is 0 Å². The van der Waals surface area contributed by atoms with E-state index in [4.69, 9.17) is 16.3 Å². The van der Waals surface area contributed by atoms with Crippen LogP contribution in [0.1, 0.15) is 37.7 Å². The third-order valence-corrected chi connectivity index (χ3v) is 4.27. The van der Waals surface area contributed by atoms with E-state index >= 15 is 0 Å². The van der Waals surface area contributed by atoms with Crippen LogP contribution in [0.4, 0.5) is 0 Å². The molecule has 0 radical (unpaired) electrons. The number of nitrogens with one attached hydrogen (secondary N) is 1. The summed E-state index contributed by atoms with van der Waals surface area (Å²) in [5.41, 5.74) is 1.12. The van der Waals surface area contributed by atoms with Crippen LogP contribution >= 0.6 is 11.6 Å². The van der Waals surface area contributed by atoms with Crippen LogP contribution in [-0.2, 0) is 6.54 Å². The highest BCUT2D eigenvalue weighted by Crippen LogP contribution is 2.31. The molecule has 3 rings (SSSR count). The highest BCUT2D eigenvalue weighted by molar-refractivity contribution is 6.31. The number of hydrogen-bond acceptors (Lipinski definition) is 2. The second-order valence-electron chi connectivity index (χ2n) is 5.48. The van der Waals surface area contributed by atoms with Crippen molar-refractivity contribution < 1.29 is 4.74 Å². The molecule has 3 heteroatoms. The van der Waals surface area contributed by atoms with Crippen LogP contribution in [0.2, 0.25) is 5.02 Å². The first-order valence-corrected chi connectivity index (χ1v) is 7.34.